The molecule has 0 bridgehead atoms. The summed E-state index contributed by atoms with van der Waals surface area (Å²) in [6.07, 6.45) is 5.74. The number of halogens is 1. The average molecular weight is 437 g/mol. The fourth-order valence-electron chi connectivity index (χ4n) is 4.20. The summed E-state index contributed by atoms with van der Waals surface area (Å²) in [6, 6.07) is 4.80. The third-order valence-electron chi connectivity index (χ3n) is 5.85. The number of aliphatic hydroxyl groups is 1. The van der Waals surface area contributed by atoms with Crippen LogP contribution < -0.4 is 0 Å². The Morgan fingerprint density at radius 1 is 1.16 bits per heavy atom. The number of hydrogen-bond acceptors (Lipinski definition) is 5. The number of imidazole rings is 1. The van der Waals surface area contributed by atoms with Crippen molar-refractivity contribution in [2.24, 2.45) is 7.05 Å². The fourth-order valence-corrected chi connectivity index (χ4v) is 4.20. The molecular formula is C23H24FN5O3. The van der Waals surface area contributed by atoms with Crippen LogP contribution in [0.2, 0.25) is 0 Å². The predicted octanol–water partition coefficient (Wildman–Crippen LogP) is 2.88. The van der Waals surface area contributed by atoms with Gasteiger partial charge >= 0.3 is 0 Å². The molecule has 1 aromatic carbocycles. The van der Waals surface area contributed by atoms with Gasteiger partial charge in [-0.2, -0.15) is 5.10 Å². The van der Waals surface area contributed by atoms with Crippen LogP contribution in [0.3, 0.4) is 0 Å². The van der Waals surface area contributed by atoms with Gasteiger partial charge in [-0.3, -0.25) is 14.3 Å². The van der Waals surface area contributed by atoms with E-state index in [0.29, 0.717) is 35.5 Å². The lowest BCUT2D eigenvalue weighted by molar-refractivity contribution is -0.139. The topological polar surface area (TPSA) is 93.2 Å². The van der Waals surface area contributed by atoms with E-state index in [-0.39, 0.29) is 17.9 Å². The summed E-state index contributed by atoms with van der Waals surface area (Å²) in [6.45, 7) is 4.41. The van der Waals surface area contributed by atoms with Gasteiger partial charge in [-0.25, -0.2) is 9.37 Å². The second kappa shape index (κ2) is 8.41. The lowest BCUT2D eigenvalue weighted by Crippen LogP contribution is -2.31. The molecule has 9 heteroatoms. The number of rotatable bonds is 6. The number of hydrogen-bond donors (Lipinski definition) is 1. The van der Waals surface area contributed by atoms with Crippen molar-refractivity contribution in [3.63, 3.8) is 0 Å². The Balaban J connectivity index is 1.77. The van der Waals surface area contributed by atoms with E-state index in [4.69, 9.17) is 0 Å². The van der Waals surface area contributed by atoms with E-state index in [0.717, 1.165) is 0 Å². The molecule has 3 aromatic rings. The van der Waals surface area contributed by atoms with Crippen LogP contribution in [0.15, 0.2) is 48.6 Å². The maximum Gasteiger partial charge on any atom is 0.295 e. The van der Waals surface area contributed by atoms with Crippen LogP contribution in [-0.4, -0.2) is 47.6 Å². The van der Waals surface area contributed by atoms with Crippen molar-refractivity contribution >= 4 is 17.4 Å². The smallest absolute Gasteiger partial charge is 0.295 e. The van der Waals surface area contributed by atoms with Crippen LogP contribution >= 0.6 is 0 Å². The minimum absolute atomic E-state index is 0.0107. The Morgan fingerprint density at radius 2 is 1.88 bits per heavy atom. The van der Waals surface area contributed by atoms with E-state index in [1.54, 1.807) is 38.1 Å². The molecule has 0 spiro atoms. The number of aromatic nitrogens is 4. The number of carbonyl (C=O) groups is 2. The molecule has 3 heterocycles. The number of benzene rings is 1. The standard InChI is InChI=1S/C23H24FN5O3/c1-14-18(15(2)27(3)26-14)21(30)19-20(16-5-7-17(24)8-6-16)29(23(32)22(19)31)11-4-10-28-12-9-25-13-28/h5-9,12-13,20,30H,4,10-11H2,1-3H3/b21-19+/t20-/m1/s1. The van der Waals surface area contributed by atoms with Gasteiger partial charge in [0.15, 0.2) is 0 Å². The van der Waals surface area contributed by atoms with E-state index in [9.17, 15) is 19.1 Å². The van der Waals surface area contributed by atoms with Crippen LogP contribution in [0.5, 0.6) is 0 Å². The van der Waals surface area contributed by atoms with E-state index < -0.39 is 23.5 Å². The van der Waals surface area contributed by atoms with Crippen molar-refractivity contribution in [3.05, 3.63) is 76.9 Å². The first kappa shape index (κ1) is 21.5. The third kappa shape index (κ3) is 3.70. The zero-order valence-electron chi connectivity index (χ0n) is 18.1. The van der Waals surface area contributed by atoms with Crippen molar-refractivity contribution in [2.75, 3.05) is 6.54 Å². The zero-order chi connectivity index (χ0) is 23.0. The zero-order valence-corrected chi connectivity index (χ0v) is 18.1. The highest BCUT2D eigenvalue weighted by molar-refractivity contribution is 6.46. The summed E-state index contributed by atoms with van der Waals surface area (Å²) < 4.78 is 17.1. The van der Waals surface area contributed by atoms with Crippen molar-refractivity contribution in [3.8, 4) is 0 Å². The molecular weight excluding hydrogens is 413 g/mol. The molecule has 1 fully saturated rings. The van der Waals surface area contributed by atoms with Gasteiger partial charge in [0.1, 0.15) is 11.6 Å². The van der Waals surface area contributed by atoms with Crippen LogP contribution in [0.1, 0.15) is 35.0 Å². The number of nitrogens with zero attached hydrogens (tertiary/aromatic N) is 5. The Labute approximate surface area is 184 Å². The summed E-state index contributed by atoms with van der Waals surface area (Å²) in [5, 5.41) is 15.5. The second-order valence-corrected chi connectivity index (χ2v) is 7.87. The molecule has 8 nitrogen and oxygen atoms in total. The molecule has 32 heavy (non-hydrogen) atoms. The summed E-state index contributed by atoms with van der Waals surface area (Å²) >= 11 is 0. The first-order chi connectivity index (χ1) is 15.3. The minimum Gasteiger partial charge on any atom is -0.507 e. The molecule has 166 valence electrons. The van der Waals surface area contributed by atoms with E-state index in [1.807, 2.05) is 10.8 Å². The number of aryl methyl sites for hydroxylation is 3. The quantitative estimate of drug-likeness (QED) is 0.364. The maximum atomic E-state index is 13.6. The Morgan fingerprint density at radius 3 is 2.47 bits per heavy atom. The Bertz CT molecular complexity index is 1200. The Hall–Kier alpha value is -3.75. The van der Waals surface area contributed by atoms with Gasteiger partial charge in [0.2, 0.25) is 0 Å². The Kier molecular flexibility index (Phi) is 5.65. The highest BCUT2D eigenvalue weighted by atomic mass is 19.1. The van der Waals surface area contributed by atoms with Crippen LogP contribution in [0.25, 0.3) is 5.76 Å². The largest absolute Gasteiger partial charge is 0.507 e. The molecule has 0 radical (unpaired) electrons. The molecule has 0 aliphatic carbocycles. The van der Waals surface area contributed by atoms with Crippen molar-refractivity contribution in [2.45, 2.75) is 32.9 Å². The molecule has 1 atom stereocenters. The van der Waals surface area contributed by atoms with E-state index in [1.165, 1.54) is 29.2 Å². The first-order valence-corrected chi connectivity index (χ1v) is 10.3. The van der Waals surface area contributed by atoms with Crippen LogP contribution in [-0.2, 0) is 23.2 Å². The summed E-state index contributed by atoms with van der Waals surface area (Å²) in [5.41, 5.74) is 2.18. The first-order valence-electron chi connectivity index (χ1n) is 10.3. The lowest BCUT2D eigenvalue weighted by Gasteiger charge is -2.25. The average Bonchev–Trinajstić information content (AvgIpc) is 3.43. The maximum absolute atomic E-state index is 13.6. The van der Waals surface area contributed by atoms with Gasteiger partial charge in [-0.15, -0.1) is 0 Å². The predicted molar refractivity (Wildman–Crippen MR) is 115 cm³/mol. The molecule has 1 saturated heterocycles. The molecule has 4 rings (SSSR count). The van der Waals surface area contributed by atoms with E-state index >= 15 is 0 Å². The lowest BCUT2D eigenvalue weighted by atomic mass is 9.94. The highest BCUT2D eigenvalue weighted by Gasteiger charge is 2.46. The molecule has 0 saturated carbocycles. The van der Waals surface area contributed by atoms with E-state index in [2.05, 4.69) is 10.1 Å². The monoisotopic (exact) mass is 437 g/mol. The number of amides is 1. The SMILES string of the molecule is Cc1nn(C)c(C)c1/C(O)=C1\C(=O)C(=O)N(CCCn2ccnc2)[C@@H]1c1ccc(F)cc1. The summed E-state index contributed by atoms with van der Waals surface area (Å²) in [4.78, 5) is 31.5. The van der Waals surface area contributed by atoms with Gasteiger partial charge in [0.05, 0.1) is 29.2 Å². The van der Waals surface area contributed by atoms with Crippen LogP contribution in [0.4, 0.5) is 4.39 Å². The molecule has 1 amide bonds. The van der Waals surface area contributed by atoms with Crippen molar-refractivity contribution in [1.82, 2.24) is 24.2 Å². The number of likely N-dealkylation sites (tertiary alicyclic amines) is 1. The number of ketones is 1. The summed E-state index contributed by atoms with van der Waals surface area (Å²) in [7, 11) is 1.74. The molecule has 2 aromatic heterocycles. The van der Waals surface area contributed by atoms with Crippen molar-refractivity contribution < 1.29 is 19.1 Å². The second-order valence-electron chi connectivity index (χ2n) is 7.87. The molecule has 1 aliphatic rings. The fraction of sp³-hybridized carbons (Fsp3) is 0.304. The van der Waals surface area contributed by atoms with Gasteiger partial charge in [0.25, 0.3) is 11.7 Å². The third-order valence-corrected chi connectivity index (χ3v) is 5.85. The van der Waals surface area contributed by atoms with Crippen molar-refractivity contribution in [1.29, 1.82) is 0 Å². The van der Waals surface area contributed by atoms with Gasteiger partial charge in [-0.05, 0) is 38.0 Å². The number of Topliss-reactive ketones (excluding diaryl/α,β-unsaturated/α-hetero) is 1. The normalized spacial score (nSPS) is 18.0. The number of carbonyl (C=O) groups excluding carboxylic acids is 2. The summed E-state index contributed by atoms with van der Waals surface area (Å²) in [5.74, 6) is -2.14. The molecule has 0 unspecified atom stereocenters. The highest BCUT2D eigenvalue weighted by Crippen LogP contribution is 2.40. The van der Waals surface area contributed by atoms with Gasteiger partial charge < -0.3 is 14.6 Å². The minimum atomic E-state index is -0.822. The van der Waals surface area contributed by atoms with Gasteiger partial charge in [-0.1, -0.05) is 12.1 Å². The number of aliphatic hydroxyl groups excluding tert-OH is 1. The molecule has 1 N–H and O–H groups in total. The van der Waals surface area contributed by atoms with Crippen LogP contribution in [0, 0.1) is 19.7 Å². The van der Waals surface area contributed by atoms with Gasteiger partial charge in [0, 0.05) is 38.2 Å². The molecule has 1 aliphatic heterocycles.